The van der Waals surface area contributed by atoms with Crippen molar-refractivity contribution < 1.29 is 9.53 Å². The van der Waals surface area contributed by atoms with E-state index >= 15 is 0 Å². The quantitative estimate of drug-likeness (QED) is 0.432. The van der Waals surface area contributed by atoms with Gasteiger partial charge in [-0.15, -0.1) is 5.10 Å². The maximum absolute atomic E-state index is 12.3. The van der Waals surface area contributed by atoms with Gasteiger partial charge in [-0.1, -0.05) is 19.1 Å². The number of nitrogens with one attached hydrogen (secondary N) is 1. The predicted octanol–water partition coefficient (Wildman–Crippen LogP) is 4.22. The van der Waals surface area contributed by atoms with Gasteiger partial charge in [0.2, 0.25) is 17.7 Å². The summed E-state index contributed by atoms with van der Waals surface area (Å²) in [6, 6.07) is 12.2. The number of pyridine rings is 1. The molecule has 3 heterocycles. The summed E-state index contributed by atoms with van der Waals surface area (Å²) in [7, 11) is 5.70. The van der Waals surface area contributed by atoms with Crippen LogP contribution in [0.2, 0.25) is 0 Å². The zero-order valence-electron chi connectivity index (χ0n) is 19.2. The third-order valence-corrected chi connectivity index (χ3v) is 7.48. The van der Waals surface area contributed by atoms with Gasteiger partial charge in [-0.05, 0) is 57.1 Å². The van der Waals surface area contributed by atoms with Crippen LogP contribution in [0.25, 0.3) is 27.5 Å². The number of aromatic nitrogens is 4. The molecule has 0 bridgehead atoms. The fourth-order valence-corrected chi connectivity index (χ4v) is 6.22. The van der Waals surface area contributed by atoms with Crippen molar-refractivity contribution in [3.63, 3.8) is 0 Å². The highest BCUT2D eigenvalue weighted by Gasteiger charge is 2.46. The van der Waals surface area contributed by atoms with E-state index in [2.05, 4.69) is 38.4 Å². The molecule has 1 unspecified atom stereocenters. The molecule has 1 N–H and O–H groups in total. The van der Waals surface area contributed by atoms with Crippen LogP contribution in [0.1, 0.15) is 19.8 Å². The minimum absolute atomic E-state index is 0.201. The Hall–Kier alpha value is -3.25. The number of benzene rings is 1. The van der Waals surface area contributed by atoms with E-state index in [-0.39, 0.29) is 11.3 Å². The van der Waals surface area contributed by atoms with Crippen molar-refractivity contribution in [2.75, 3.05) is 26.3 Å². The number of ether oxygens (including phenoxy) is 1. The maximum atomic E-state index is 12.3. The Bertz CT molecular complexity index is 1350. The van der Waals surface area contributed by atoms with E-state index in [4.69, 9.17) is 4.74 Å². The van der Waals surface area contributed by atoms with E-state index in [0.717, 1.165) is 40.4 Å². The topological polar surface area (TPSA) is 84.6 Å². The molecule has 1 amide bonds. The molecule has 0 radical (unpaired) electrons. The number of hydrogen-bond donors (Lipinski definition) is 1. The highest BCUT2D eigenvalue weighted by Crippen LogP contribution is 2.50. The number of carbonyl (C=O) groups excluding carboxylic acids is 1. The van der Waals surface area contributed by atoms with E-state index in [1.54, 1.807) is 18.2 Å². The zero-order chi connectivity index (χ0) is 23.2. The maximum Gasteiger partial charge on any atom is 0.247 e. The predicted molar refractivity (Wildman–Crippen MR) is 132 cm³/mol. The number of nitrogens with zero attached hydrogens (tertiary/aromatic N) is 5. The second-order valence-corrected chi connectivity index (χ2v) is 10.4. The van der Waals surface area contributed by atoms with Crippen LogP contribution in [-0.2, 0) is 4.79 Å². The number of rotatable bonds is 6. The third-order valence-electron chi connectivity index (χ3n) is 6.29. The molecular weight excluding hydrogens is 435 g/mol. The first-order valence-corrected chi connectivity index (χ1v) is 12.0. The Balaban J connectivity index is 1.37. The second kappa shape index (κ2) is 8.27. The molecule has 0 aliphatic heterocycles. The van der Waals surface area contributed by atoms with Crippen LogP contribution in [0.5, 0.6) is 5.88 Å². The summed E-state index contributed by atoms with van der Waals surface area (Å²) in [5.74, 6) is 1.24. The first-order valence-electron chi connectivity index (χ1n) is 10.9. The Morgan fingerprint density at radius 1 is 1.27 bits per heavy atom. The average Bonchev–Trinajstić information content (AvgIpc) is 3.23. The van der Waals surface area contributed by atoms with Gasteiger partial charge in [-0.25, -0.2) is 4.52 Å². The van der Waals surface area contributed by atoms with Gasteiger partial charge in [0, 0.05) is 42.9 Å². The zero-order valence-corrected chi connectivity index (χ0v) is 20.2. The number of methoxy groups -OCH3 is 1. The molecule has 1 aliphatic rings. The molecule has 1 aliphatic carbocycles. The van der Waals surface area contributed by atoms with Gasteiger partial charge >= 0.3 is 0 Å². The minimum Gasteiger partial charge on any atom is -0.479 e. The second-order valence-electron chi connectivity index (χ2n) is 9.01. The van der Waals surface area contributed by atoms with Crippen LogP contribution in [0.15, 0.2) is 48.8 Å². The Morgan fingerprint density at radius 3 is 2.85 bits per heavy atom. The van der Waals surface area contributed by atoms with E-state index in [1.807, 2.05) is 49.9 Å². The van der Waals surface area contributed by atoms with Crippen LogP contribution in [0.3, 0.4) is 0 Å². The van der Waals surface area contributed by atoms with Crippen LogP contribution >= 0.6 is 8.73 Å². The molecule has 0 spiro atoms. The molecule has 33 heavy (non-hydrogen) atoms. The van der Waals surface area contributed by atoms with Gasteiger partial charge in [0.05, 0.1) is 12.6 Å². The van der Waals surface area contributed by atoms with Crippen molar-refractivity contribution in [1.29, 1.82) is 0 Å². The SMILES string of the molecule is COc1nc(NPC2CC(C)(C(=O)N(C)C)C2)nn2ccc(-c3ccc4ncccc4c3)c12. The Morgan fingerprint density at radius 2 is 2.09 bits per heavy atom. The van der Waals surface area contributed by atoms with Crippen LogP contribution in [-0.4, -0.2) is 57.3 Å². The molecule has 8 nitrogen and oxygen atoms in total. The number of carbonyl (C=O) groups is 1. The molecule has 4 aromatic rings. The largest absolute Gasteiger partial charge is 0.479 e. The van der Waals surface area contributed by atoms with Crippen molar-refractivity contribution in [3.8, 4) is 17.0 Å². The van der Waals surface area contributed by atoms with E-state index in [9.17, 15) is 4.79 Å². The lowest BCUT2D eigenvalue weighted by atomic mass is 9.69. The fraction of sp³-hybridized carbons (Fsp3) is 0.333. The van der Waals surface area contributed by atoms with Crippen LogP contribution in [0.4, 0.5) is 5.95 Å². The number of hydrogen-bond acceptors (Lipinski definition) is 6. The summed E-state index contributed by atoms with van der Waals surface area (Å²) in [4.78, 5) is 23.1. The smallest absolute Gasteiger partial charge is 0.247 e. The van der Waals surface area contributed by atoms with Gasteiger partial charge in [-0.3, -0.25) is 9.78 Å². The molecule has 1 atom stereocenters. The van der Waals surface area contributed by atoms with Gasteiger partial charge in [-0.2, -0.15) is 4.98 Å². The molecule has 0 saturated heterocycles. The van der Waals surface area contributed by atoms with Crippen molar-refractivity contribution in [3.05, 3.63) is 48.8 Å². The van der Waals surface area contributed by atoms with Gasteiger partial charge in [0.15, 0.2) is 0 Å². The molecule has 170 valence electrons. The Kier molecular flexibility index (Phi) is 5.41. The molecule has 5 rings (SSSR count). The van der Waals surface area contributed by atoms with Crippen molar-refractivity contribution >= 4 is 37.0 Å². The summed E-state index contributed by atoms with van der Waals surface area (Å²) in [6.45, 7) is 2.05. The van der Waals surface area contributed by atoms with Crippen molar-refractivity contribution in [1.82, 2.24) is 24.5 Å². The lowest BCUT2D eigenvalue weighted by molar-refractivity contribution is -0.142. The third kappa shape index (κ3) is 3.89. The van der Waals surface area contributed by atoms with E-state index < -0.39 is 0 Å². The van der Waals surface area contributed by atoms with Crippen LogP contribution in [0, 0.1) is 5.41 Å². The molecule has 1 fully saturated rings. The normalized spacial score (nSPS) is 20.3. The van der Waals surface area contributed by atoms with Gasteiger partial charge < -0.3 is 14.7 Å². The first kappa shape index (κ1) is 21.6. The molecule has 1 aromatic carbocycles. The van der Waals surface area contributed by atoms with Gasteiger partial charge in [0.25, 0.3) is 0 Å². The lowest BCUT2D eigenvalue weighted by Crippen LogP contribution is -2.48. The summed E-state index contributed by atoms with van der Waals surface area (Å²) >= 11 is 0. The number of amides is 1. The standard InChI is InChI=1S/C24H27N6O2P/c1-24(22(31)29(2)3)13-17(14-24)33-28-23-26-21(32-4)20-18(9-11-30(20)27-23)15-7-8-19-16(12-15)6-5-10-25-19/h5-12,17,33H,13-14H2,1-4H3,(H,27,28). The summed E-state index contributed by atoms with van der Waals surface area (Å²) in [5.41, 5.74) is 4.03. The average molecular weight is 462 g/mol. The highest BCUT2D eigenvalue weighted by molar-refractivity contribution is 7.40. The van der Waals surface area contributed by atoms with Crippen LogP contribution < -0.4 is 9.82 Å². The van der Waals surface area contributed by atoms with Gasteiger partial charge in [0.1, 0.15) is 5.52 Å². The molecule has 1 saturated carbocycles. The van der Waals surface area contributed by atoms with E-state index in [0.29, 0.717) is 26.2 Å². The number of anilines is 1. The molecule has 9 heteroatoms. The lowest BCUT2D eigenvalue weighted by Gasteiger charge is -2.44. The summed E-state index contributed by atoms with van der Waals surface area (Å²) in [5, 5.41) is 9.10. The minimum atomic E-state index is -0.254. The van der Waals surface area contributed by atoms with E-state index in [1.165, 1.54) is 0 Å². The first-order chi connectivity index (χ1) is 15.9. The Labute approximate surface area is 194 Å². The van der Waals surface area contributed by atoms with Crippen molar-refractivity contribution in [2.45, 2.75) is 25.4 Å². The molecular formula is C24H27N6O2P. The summed E-state index contributed by atoms with van der Waals surface area (Å²) in [6.07, 6.45) is 5.47. The number of fused-ring (bicyclic) bond motifs is 2. The fourth-order valence-electron chi connectivity index (χ4n) is 4.67. The molecule has 3 aromatic heterocycles. The highest BCUT2D eigenvalue weighted by atomic mass is 31.1. The summed E-state index contributed by atoms with van der Waals surface area (Å²) < 4.78 is 7.45. The van der Waals surface area contributed by atoms with Crippen molar-refractivity contribution in [2.24, 2.45) is 5.41 Å². The monoisotopic (exact) mass is 462 g/mol.